The van der Waals surface area contributed by atoms with Crippen molar-refractivity contribution >= 4 is 33.2 Å². The van der Waals surface area contributed by atoms with Gasteiger partial charge in [0, 0.05) is 36.1 Å². The van der Waals surface area contributed by atoms with E-state index in [0.717, 1.165) is 67.0 Å². The maximum absolute atomic E-state index is 12.8. The molecule has 2 N–H and O–H groups in total. The lowest BCUT2D eigenvalue weighted by molar-refractivity contribution is -0.0784. The molecule has 7 nitrogen and oxygen atoms in total. The number of ether oxygens (including phenoxy) is 1. The highest BCUT2D eigenvalue weighted by Gasteiger charge is 2.24. The number of aliphatic hydroxyl groups excluding tert-OH is 1. The quantitative estimate of drug-likeness (QED) is 0.531. The van der Waals surface area contributed by atoms with Crippen LogP contribution in [0.5, 0.6) is 0 Å². The molecule has 0 radical (unpaired) electrons. The fraction of sp³-hybridized carbons (Fsp3) is 0.500. The van der Waals surface area contributed by atoms with Crippen molar-refractivity contribution in [1.82, 2.24) is 19.8 Å². The van der Waals surface area contributed by atoms with E-state index in [1.165, 1.54) is 16.9 Å². The Morgan fingerprint density at radius 3 is 2.70 bits per heavy atom. The Hall–Kier alpha value is -1.81. The predicted octanol–water partition coefficient (Wildman–Crippen LogP) is 3.17. The largest absolute Gasteiger partial charge is 0.376 e. The molecule has 2 aliphatic rings. The Labute approximate surface area is 202 Å². The Morgan fingerprint density at radius 1 is 1.15 bits per heavy atom. The molecule has 0 saturated carbocycles. The number of aromatic amines is 1. The minimum absolute atomic E-state index is 0.00120. The Kier molecular flexibility index (Phi) is 7.10. The molecule has 0 bridgehead atoms. The lowest BCUT2D eigenvalue weighted by Gasteiger charge is -2.36. The highest BCUT2D eigenvalue weighted by molar-refractivity contribution is 7.18. The first-order chi connectivity index (χ1) is 16.1. The first-order valence-corrected chi connectivity index (χ1v) is 12.8. The fourth-order valence-corrected chi connectivity index (χ4v) is 6.09. The number of rotatable bonds is 7. The Balaban J connectivity index is 1.12. The van der Waals surface area contributed by atoms with E-state index in [4.69, 9.17) is 21.3 Å². The molecule has 1 aliphatic heterocycles. The van der Waals surface area contributed by atoms with Gasteiger partial charge in [0.2, 0.25) is 0 Å². The summed E-state index contributed by atoms with van der Waals surface area (Å²) in [5.74, 6) is 0.728. The third-order valence-electron chi connectivity index (χ3n) is 6.52. The molecular weight excluding hydrogens is 460 g/mol. The predicted molar refractivity (Wildman–Crippen MR) is 131 cm³/mol. The summed E-state index contributed by atoms with van der Waals surface area (Å²) in [7, 11) is 0. The molecule has 0 amide bonds. The molecule has 2 aromatic heterocycles. The van der Waals surface area contributed by atoms with Gasteiger partial charge >= 0.3 is 0 Å². The minimum atomic E-state index is -0.633. The number of fused-ring (bicyclic) bond motifs is 3. The zero-order valence-corrected chi connectivity index (χ0v) is 20.1. The van der Waals surface area contributed by atoms with Gasteiger partial charge in [0.05, 0.1) is 25.1 Å². The average molecular weight is 489 g/mol. The van der Waals surface area contributed by atoms with Crippen LogP contribution in [-0.2, 0) is 30.7 Å². The summed E-state index contributed by atoms with van der Waals surface area (Å²) in [5, 5.41) is 12.0. The van der Waals surface area contributed by atoms with Gasteiger partial charge in [-0.3, -0.25) is 14.6 Å². The number of halogens is 1. The minimum Gasteiger partial charge on any atom is -0.376 e. The number of H-pyrrole nitrogens is 1. The van der Waals surface area contributed by atoms with Crippen LogP contribution in [0.15, 0.2) is 29.1 Å². The highest BCUT2D eigenvalue weighted by Crippen LogP contribution is 2.33. The number of piperazine rings is 1. The summed E-state index contributed by atoms with van der Waals surface area (Å²) < 4.78 is 5.69. The number of thiophene rings is 1. The van der Waals surface area contributed by atoms with Crippen LogP contribution >= 0.6 is 22.9 Å². The van der Waals surface area contributed by atoms with Crippen molar-refractivity contribution in [2.75, 3.05) is 32.8 Å². The number of aliphatic hydroxyl groups is 1. The van der Waals surface area contributed by atoms with Gasteiger partial charge in [-0.2, -0.15) is 0 Å². The molecule has 0 spiro atoms. The molecule has 5 rings (SSSR count). The second-order valence-corrected chi connectivity index (χ2v) is 10.4. The Bertz CT molecular complexity index is 1150. The maximum atomic E-state index is 12.8. The number of aryl methyl sites for hydroxylation is 2. The van der Waals surface area contributed by atoms with Gasteiger partial charge in [-0.25, -0.2) is 4.98 Å². The Morgan fingerprint density at radius 2 is 1.91 bits per heavy atom. The van der Waals surface area contributed by atoms with Gasteiger partial charge in [-0.05, 0) is 48.9 Å². The van der Waals surface area contributed by atoms with Crippen LogP contribution in [0.1, 0.15) is 34.7 Å². The summed E-state index contributed by atoms with van der Waals surface area (Å²) in [6.07, 6.45) is 3.78. The van der Waals surface area contributed by atoms with E-state index >= 15 is 0 Å². The molecule has 1 atom stereocenters. The van der Waals surface area contributed by atoms with Gasteiger partial charge in [-0.15, -0.1) is 11.3 Å². The molecule has 1 unspecified atom stereocenters. The molecule has 176 valence electrons. The van der Waals surface area contributed by atoms with Gasteiger partial charge in [-0.1, -0.05) is 23.7 Å². The molecule has 1 aromatic carbocycles. The zero-order valence-electron chi connectivity index (χ0n) is 18.6. The lowest BCUT2D eigenvalue weighted by atomic mass is 9.97. The van der Waals surface area contributed by atoms with Crippen molar-refractivity contribution in [3.8, 4) is 0 Å². The van der Waals surface area contributed by atoms with E-state index in [2.05, 4.69) is 9.88 Å². The third kappa shape index (κ3) is 5.31. The number of benzene rings is 1. The van der Waals surface area contributed by atoms with Gasteiger partial charge in [0.25, 0.3) is 5.56 Å². The molecule has 1 aliphatic carbocycles. The van der Waals surface area contributed by atoms with Crippen molar-refractivity contribution in [1.29, 1.82) is 0 Å². The van der Waals surface area contributed by atoms with Crippen molar-refractivity contribution in [2.24, 2.45) is 0 Å². The van der Waals surface area contributed by atoms with Crippen LogP contribution in [0.25, 0.3) is 10.2 Å². The van der Waals surface area contributed by atoms with Gasteiger partial charge < -0.3 is 14.8 Å². The van der Waals surface area contributed by atoms with E-state index in [9.17, 15) is 9.90 Å². The molecule has 1 saturated heterocycles. The second kappa shape index (κ2) is 10.2. The number of nitrogens with zero attached hydrogens (tertiary/aromatic N) is 3. The number of nitrogens with one attached hydrogen (secondary N) is 1. The van der Waals surface area contributed by atoms with Crippen LogP contribution in [0.2, 0.25) is 5.02 Å². The standard InChI is InChI=1S/C24H29ClN4O3S/c25-17-7-5-16(6-8-17)14-32-15-21(30)29-11-9-28(10-12-29)13-20-26-23(31)22-18-3-1-2-4-19(18)33-24(22)27-20/h5-8,21,30H,1-4,9-15H2,(H,26,27,31). The van der Waals surface area contributed by atoms with Gasteiger partial charge in [0.1, 0.15) is 16.9 Å². The topological polar surface area (TPSA) is 81.7 Å². The summed E-state index contributed by atoms with van der Waals surface area (Å²) in [6.45, 7) is 4.41. The first-order valence-electron chi connectivity index (χ1n) is 11.6. The fourth-order valence-electron chi connectivity index (χ4n) is 4.68. The van der Waals surface area contributed by atoms with Crippen LogP contribution in [0.3, 0.4) is 0 Å². The summed E-state index contributed by atoms with van der Waals surface area (Å²) >= 11 is 7.59. The van der Waals surface area contributed by atoms with Crippen LogP contribution in [0.4, 0.5) is 0 Å². The van der Waals surface area contributed by atoms with E-state index < -0.39 is 6.23 Å². The third-order valence-corrected chi connectivity index (χ3v) is 7.96. The van der Waals surface area contributed by atoms with E-state index in [1.807, 2.05) is 29.2 Å². The van der Waals surface area contributed by atoms with Crippen molar-refractivity contribution in [3.05, 3.63) is 61.5 Å². The smallest absolute Gasteiger partial charge is 0.259 e. The first kappa shape index (κ1) is 23.0. The molecule has 3 aromatic rings. The molecular formula is C24H29ClN4O3S. The molecule has 3 heterocycles. The van der Waals surface area contributed by atoms with E-state index in [-0.39, 0.29) is 12.2 Å². The highest BCUT2D eigenvalue weighted by atomic mass is 35.5. The second-order valence-electron chi connectivity index (χ2n) is 8.84. The molecule has 33 heavy (non-hydrogen) atoms. The van der Waals surface area contributed by atoms with Crippen molar-refractivity contribution in [2.45, 2.75) is 45.1 Å². The van der Waals surface area contributed by atoms with Crippen molar-refractivity contribution < 1.29 is 9.84 Å². The number of aromatic nitrogens is 2. The summed E-state index contributed by atoms with van der Waals surface area (Å²) in [6, 6.07) is 7.52. The van der Waals surface area contributed by atoms with Crippen molar-refractivity contribution in [3.63, 3.8) is 0 Å². The maximum Gasteiger partial charge on any atom is 0.259 e. The van der Waals surface area contributed by atoms with Crippen LogP contribution in [0, 0.1) is 0 Å². The SMILES string of the molecule is O=c1[nH]c(CN2CCN(C(O)COCc3ccc(Cl)cc3)CC2)nc2sc3c(c12)CCCC3. The summed E-state index contributed by atoms with van der Waals surface area (Å²) in [4.78, 5) is 27.1. The zero-order chi connectivity index (χ0) is 22.8. The molecule has 1 fully saturated rings. The molecule has 9 heteroatoms. The average Bonchev–Trinajstić information content (AvgIpc) is 3.19. The van der Waals surface area contributed by atoms with Gasteiger partial charge in [0.15, 0.2) is 0 Å². The summed E-state index contributed by atoms with van der Waals surface area (Å²) in [5.41, 5.74) is 2.25. The lowest BCUT2D eigenvalue weighted by Crippen LogP contribution is -2.51. The van der Waals surface area contributed by atoms with E-state index in [0.29, 0.717) is 18.2 Å². The normalized spacial score (nSPS) is 18.5. The van der Waals surface area contributed by atoms with Crippen LogP contribution < -0.4 is 5.56 Å². The monoisotopic (exact) mass is 488 g/mol. The number of hydrogen-bond donors (Lipinski definition) is 2. The number of hydrogen-bond acceptors (Lipinski definition) is 7. The van der Waals surface area contributed by atoms with Crippen LogP contribution in [-0.4, -0.2) is 63.9 Å². The van der Waals surface area contributed by atoms with E-state index in [1.54, 1.807) is 11.3 Å².